The van der Waals surface area contributed by atoms with Gasteiger partial charge >= 0.3 is 0 Å². The molecule has 1 aliphatic rings. The number of phenols is 1. The van der Waals surface area contributed by atoms with E-state index in [2.05, 4.69) is 21.4 Å². The third-order valence-corrected chi connectivity index (χ3v) is 5.82. The number of carbonyl (C=O) groups excluding carboxylic acids is 1. The van der Waals surface area contributed by atoms with E-state index in [1.54, 1.807) is 25.1 Å². The molecule has 4 N–H and O–H groups in total. The molecule has 1 heterocycles. The molecule has 3 aromatic rings. The van der Waals surface area contributed by atoms with E-state index < -0.39 is 6.04 Å². The minimum absolute atomic E-state index is 0.0190. The Morgan fingerprint density at radius 2 is 1.91 bits per heavy atom. The number of ether oxygens (including phenoxy) is 1. The minimum Gasteiger partial charge on any atom is -0.508 e. The number of rotatable bonds is 7. The van der Waals surface area contributed by atoms with Crippen molar-refractivity contribution in [2.24, 2.45) is 5.10 Å². The van der Waals surface area contributed by atoms with Crippen molar-refractivity contribution in [3.63, 3.8) is 0 Å². The number of phenolic OH excluding ortho intramolecular Hbond substituents is 1. The van der Waals surface area contributed by atoms with Crippen LogP contribution in [-0.4, -0.2) is 22.8 Å². The molecule has 0 aliphatic carbocycles. The topological polar surface area (TPSA) is 95.0 Å². The minimum atomic E-state index is -0.424. The SMILES string of the molecule is C/C(=N/NC(=O)C1CC(c2ccc(OCc3ccccc3Cl)cc2)NN1)c1cccc(O)c1. The molecular formula is C25H25ClN4O3. The van der Waals surface area contributed by atoms with Gasteiger partial charge in [-0.05, 0) is 49.2 Å². The fraction of sp³-hybridized carbons (Fsp3) is 0.200. The lowest BCUT2D eigenvalue weighted by atomic mass is 10.0. The molecule has 0 aromatic heterocycles. The first kappa shape index (κ1) is 22.8. The number of aromatic hydroxyl groups is 1. The first-order valence-corrected chi connectivity index (χ1v) is 11.0. The number of hydrogen-bond donors (Lipinski definition) is 4. The van der Waals surface area contributed by atoms with Crippen LogP contribution in [0.5, 0.6) is 11.5 Å². The van der Waals surface area contributed by atoms with Gasteiger partial charge in [-0.2, -0.15) is 5.10 Å². The van der Waals surface area contributed by atoms with Crippen molar-refractivity contribution in [2.75, 3.05) is 0 Å². The normalized spacial score (nSPS) is 18.2. The number of benzene rings is 3. The molecule has 0 spiro atoms. The Kier molecular flexibility index (Phi) is 7.24. The summed E-state index contributed by atoms with van der Waals surface area (Å²) in [6.07, 6.45) is 0.576. The van der Waals surface area contributed by atoms with Crippen molar-refractivity contribution in [1.29, 1.82) is 0 Å². The summed E-state index contributed by atoms with van der Waals surface area (Å²) in [5.74, 6) is 0.665. The summed E-state index contributed by atoms with van der Waals surface area (Å²) in [5, 5.41) is 14.4. The van der Waals surface area contributed by atoms with E-state index in [9.17, 15) is 9.90 Å². The first-order valence-electron chi connectivity index (χ1n) is 10.6. The van der Waals surface area contributed by atoms with Gasteiger partial charge in [0.15, 0.2) is 0 Å². The predicted molar refractivity (Wildman–Crippen MR) is 128 cm³/mol. The van der Waals surface area contributed by atoms with Crippen LogP contribution in [0.1, 0.15) is 36.1 Å². The van der Waals surface area contributed by atoms with Gasteiger partial charge < -0.3 is 9.84 Å². The molecule has 2 unspecified atom stereocenters. The van der Waals surface area contributed by atoms with Crippen molar-refractivity contribution in [3.05, 3.63) is 94.5 Å². The summed E-state index contributed by atoms with van der Waals surface area (Å²) in [5.41, 5.74) is 12.1. The maximum absolute atomic E-state index is 12.5. The van der Waals surface area contributed by atoms with E-state index in [-0.39, 0.29) is 17.7 Å². The Labute approximate surface area is 197 Å². The van der Waals surface area contributed by atoms with E-state index in [4.69, 9.17) is 16.3 Å². The molecular weight excluding hydrogens is 440 g/mol. The zero-order valence-electron chi connectivity index (χ0n) is 18.1. The van der Waals surface area contributed by atoms with E-state index in [1.807, 2.05) is 54.6 Å². The standard InChI is InChI=1S/C25H25ClN4O3/c1-16(18-6-4-7-20(31)13-18)27-30-25(32)24-14-23(28-29-24)17-9-11-21(12-10-17)33-15-19-5-2-3-8-22(19)26/h2-13,23-24,28-29,31H,14-15H2,1H3,(H,30,32)/b27-16-. The molecule has 3 aromatic carbocycles. The maximum Gasteiger partial charge on any atom is 0.258 e. The molecule has 7 nitrogen and oxygen atoms in total. The van der Waals surface area contributed by atoms with Crippen molar-refractivity contribution in [3.8, 4) is 11.5 Å². The van der Waals surface area contributed by atoms with E-state index in [1.165, 1.54) is 0 Å². The van der Waals surface area contributed by atoms with E-state index in [0.29, 0.717) is 23.8 Å². The molecule has 4 rings (SSSR count). The third-order valence-electron chi connectivity index (χ3n) is 5.45. The Morgan fingerprint density at radius 1 is 1.12 bits per heavy atom. The van der Waals surface area contributed by atoms with Crippen LogP contribution in [0, 0.1) is 0 Å². The smallest absolute Gasteiger partial charge is 0.258 e. The molecule has 33 heavy (non-hydrogen) atoms. The van der Waals surface area contributed by atoms with Crippen molar-refractivity contribution in [1.82, 2.24) is 16.3 Å². The highest BCUT2D eigenvalue weighted by atomic mass is 35.5. The van der Waals surface area contributed by atoms with Gasteiger partial charge in [0.2, 0.25) is 0 Å². The number of halogens is 1. The first-order chi connectivity index (χ1) is 16.0. The molecule has 2 atom stereocenters. The highest BCUT2D eigenvalue weighted by Crippen LogP contribution is 2.25. The van der Waals surface area contributed by atoms with Crippen LogP contribution in [-0.2, 0) is 11.4 Å². The number of hydrogen-bond acceptors (Lipinski definition) is 6. The Hall–Kier alpha value is -3.39. The van der Waals surface area contributed by atoms with Crippen LogP contribution in [0.25, 0.3) is 0 Å². The van der Waals surface area contributed by atoms with Crippen LogP contribution in [0.15, 0.2) is 77.9 Å². The molecule has 1 amide bonds. The van der Waals surface area contributed by atoms with Crippen molar-refractivity contribution >= 4 is 23.2 Å². The lowest BCUT2D eigenvalue weighted by Gasteiger charge is -2.12. The van der Waals surface area contributed by atoms with Gasteiger partial charge in [0, 0.05) is 22.2 Å². The quantitative estimate of drug-likeness (QED) is 0.312. The summed E-state index contributed by atoms with van der Waals surface area (Å²) < 4.78 is 5.83. The molecule has 0 bridgehead atoms. The molecule has 1 aliphatic heterocycles. The molecule has 0 radical (unpaired) electrons. The fourth-order valence-corrected chi connectivity index (χ4v) is 3.72. The van der Waals surface area contributed by atoms with Crippen molar-refractivity contribution in [2.45, 2.75) is 32.0 Å². The zero-order valence-corrected chi connectivity index (χ0v) is 18.8. The van der Waals surface area contributed by atoms with Gasteiger partial charge in [-0.25, -0.2) is 16.3 Å². The maximum atomic E-state index is 12.5. The van der Waals surface area contributed by atoms with Crippen LogP contribution in [0.2, 0.25) is 5.02 Å². The average Bonchev–Trinajstić information content (AvgIpc) is 3.33. The highest BCUT2D eigenvalue weighted by Gasteiger charge is 2.30. The van der Waals surface area contributed by atoms with Crippen LogP contribution in [0.3, 0.4) is 0 Å². The number of hydrazone groups is 1. The van der Waals surface area contributed by atoms with E-state index >= 15 is 0 Å². The van der Waals surface area contributed by atoms with Gasteiger partial charge in [0.1, 0.15) is 24.1 Å². The Morgan fingerprint density at radius 3 is 2.67 bits per heavy atom. The molecule has 0 saturated carbocycles. The number of nitrogens with zero attached hydrogens (tertiary/aromatic N) is 1. The predicted octanol–water partition coefficient (Wildman–Crippen LogP) is 4.07. The molecule has 1 saturated heterocycles. The van der Waals surface area contributed by atoms with E-state index in [0.717, 1.165) is 22.4 Å². The Balaban J connectivity index is 1.29. The van der Waals surface area contributed by atoms with Crippen LogP contribution in [0.4, 0.5) is 0 Å². The largest absolute Gasteiger partial charge is 0.508 e. The monoisotopic (exact) mass is 464 g/mol. The zero-order chi connectivity index (χ0) is 23.2. The van der Waals surface area contributed by atoms with Gasteiger partial charge in [-0.1, -0.05) is 54.1 Å². The third kappa shape index (κ3) is 5.90. The molecule has 8 heteroatoms. The lowest BCUT2D eigenvalue weighted by molar-refractivity contribution is -0.122. The second-order valence-electron chi connectivity index (χ2n) is 7.80. The Bertz CT molecular complexity index is 1150. The van der Waals surface area contributed by atoms with Gasteiger partial charge in [-0.15, -0.1) is 0 Å². The molecule has 1 fully saturated rings. The second-order valence-corrected chi connectivity index (χ2v) is 8.21. The van der Waals surface area contributed by atoms with Gasteiger partial charge in [0.05, 0.1) is 5.71 Å². The summed E-state index contributed by atoms with van der Waals surface area (Å²) in [7, 11) is 0. The number of hydrazine groups is 1. The van der Waals surface area contributed by atoms with Crippen LogP contribution < -0.4 is 21.0 Å². The highest BCUT2D eigenvalue weighted by molar-refractivity contribution is 6.31. The number of carbonyl (C=O) groups is 1. The van der Waals surface area contributed by atoms with Crippen LogP contribution >= 0.6 is 11.6 Å². The van der Waals surface area contributed by atoms with Gasteiger partial charge in [-0.3, -0.25) is 4.79 Å². The number of nitrogens with one attached hydrogen (secondary N) is 3. The second kappa shape index (κ2) is 10.5. The summed E-state index contributed by atoms with van der Waals surface area (Å²) in [6.45, 7) is 2.17. The molecule has 170 valence electrons. The average molecular weight is 465 g/mol. The number of amides is 1. The summed E-state index contributed by atoms with van der Waals surface area (Å²) in [4.78, 5) is 12.5. The summed E-state index contributed by atoms with van der Waals surface area (Å²) >= 11 is 6.17. The summed E-state index contributed by atoms with van der Waals surface area (Å²) in [6, 6.07) is 21.6. The van der Waals surface area contributed by atoms with Crippen molar-refractivity contribution < 1.29 is 14.6 Å². The fourth-order valence-electron chi connectivity index (χ4n) is 3.53. The van der Waals surface area contributed by atoms with Gasteiger partial charge in [0.25, 0.3) is 5.91 Å². The lowest BCUT2D eigenvalue weighted by Crippen LogP contribution is -2.41.